The molecule has 0 aliphatic carbocycles. The molecule has 90 valence electrons. The van der Waals surface area contributed by atoms with E-state index in [1.54, 1.807) is 11.8 Å². The molecule has 2 rings (SSSR count). The summed E-state index contributed by atoms with van der Waals surface area (Å²) in [6, 6.07) is 7.40. The SMILES string of the molecule is CCCCSc1nnc(-c2ccc(N)cc2)o1. The largest absolute Gasteiger partial charge is 0.411 e. The predicted molar refractivity (Wildman–Crippen MR) is 69.8 cm³/mol. The van der Waals surface area contributed by atoms with Gasteiger partial charge in [0, 0.05) is 17.0 Å². The number of unbranched alkanes of at least 4 members (excludes halogenated alkanes) is 1. The van der Waals surface area contributed by atoms with E-state index in [9.17, 15) is 0 Å². The molecule has 0 amide bonds. The predicted octanol–water partition coefficient (Wildman–Crippen LogP) is 3.21. The highest BCUT2D eigenvalue weighted by Crippen LogP contribution is 2.24. The van der Waals surface area contributed by atoms with E-state index >= 15 is 0 Å². The molecule has 0 aliphatic heterocycles. The van der Waals surface area contributed by atoms with Crippen LogP contribution in [0.5, 0.6) is 0 Å². The standard InChI is InChI=1S/C12H15N3OS/c1-2-3-8-17-12-15-14-11(16-12)9-4-6-10(13)7-5-9/h4-7H,2-3,8,13H2,1H3. The number of hydrogen-bond donors (Lipinski definition) is 1. The van der Waals surface area contributed by atoms with Crippen molar-refractivity contribution in [3.05, 3.63) is 24.3 Å². The van der Waals surface area contributed by atoms with Crippen molar-refractivity contribution in [2.24, 2.45) is 0 Å². The summed E-state index contributed by atoms with van der Waals surface area (Å²) < 4.78 is 5.56. The van der Waals surface area contributed by atoms with Crippen LogP contribution < -0.4 is 5.73 Å². The summed E-state index contributed by atoms with van der Waals surface area (Å²) in [6.45, 7) is 2.16. The lowest BCUT2D eigenvalue weighted by Crippen LogP contribution is -1.83. The van der Waals surface area contributed by atoms with Gasteiger partial charge >= 0.3 is 0 Å². The highest BCUT2D eigenvalue weighted by Gasteiger charge is 2.08. The normalized spacial score (nSPS) is 10.6. The molecule has 0 bridgehead atoms. The fourth-order valence-electron chi connectivity index (χ4n) is 1.31. The fourth-order valence-corrected chi connectivity index (χ4v) is 2.16. The minimum Gasteiger partial charge on any atom is -0.411 e. The second-order valence-electron chi connectivity index (χ2n) is 3.70. The van der Waals surface area contributed by atoms with E-state index in [-0.39, 0.29) is 0 Å². The van der Waals surface area contributed by atoms with Crippen LogP contribution in [0.2, 0.25) is 0 Å². The van der Waals surface area contributed by atoms with Crippen LogP contribution in [0.4, 0.5) is 5.69 Å². The third-order valence-corrected chi connectivity index (χ3v) is 3.19. The zero-order valence-corrected chi connectivity index (χ0v) is 10.5. The molecular formula is C12H15N3OS. The Labute approximate surface area is 105 Å². The molecule has 0 atom stereocenters. The average molecular weight is 249 g/mol. The number of benzene rings is 1. The van der Waals surface area contributed by atoms with Crippen LogP contribution in [0.25, 0.3) is 11.5 Å². The van der Waals surface area contributed by atoms with Gasteiger partial charge in [-0.05, 0) is 30.7 Å². The smallest absolute Gasteiger partial charge is 0.276 e. The van der Waals surface area contributed by atoms with Crippen molar-refractivity contribution >= 4 is 17.4 Å². The van der Waals surface area contributed by atoms with Crippen LogP contribution in [0.3, 0.4) is 0 Å². The molecule has 0 radical (unpaired) electrons. The van der Waals surface area contributed by atoms with Gasteiger partial charge in [-0.3, -0.25) is 0 Å². The van der Waals surface area contributed by atoms with E-state index in [4.69, 9.17) is 10.2 Å². The Morgan fingerprint density at radius 1 is 1.24 bits per heavy atom. The minimum atomic E-state index is 0.545. The highest BCUT2D eigenvalue weighted by atomic mass is 32.2. The van der Waals surface area contributed by atoms with E-state index in [1.807, 2.05) is 24.3 Å². The Balaban J connectivity index is 2.04. The van der Waals surface area contributed by atoms with Gasteiger partial charge in [-0.2, -0.15) is 0 Å². The van der Waals surface area contributed by atoms with Crippen LogP contribution in [-0.2, 0) is 0 Å². The number of rotatable bonds is 5. The van der Waals surface area contributed by atoms with Crippen molar-refractivity contribution in [2.45, 2.75) is 25.0 Å². The van der Waals surface area contributed by atoms with Gasteiger partial charge in [0.15, 0.2) is 0 Å². The quantitative estimate of drug-likeness (QED) is 0.500. The van der Waals surface area contributed by atoms with Gasteiger partial charge in [0.1, 0.15) is 0 Å². The van der Waals surface area contributed by atoms with Gasteiger partial charge in [-0.25, -0.2) is 0 Å². The molecule has 17 heavy (non-hydrogen) atoms. The van der Waals surface area contributed by atoms with Gasteiger partial charge < -0.3 is 10.2 Å². The lowest BCUT2D eigenvalue weighted by Gasteiger charge is -1.95. The maximum atomic E-state index is 5.62. The van der Waals surface area contributed by atoms with Gasteiger partial charge in [-0.15, -0.1) is 10.2 Å². The topological polar surface area (TPSA) is 64.9 Å². The van der Waals surface area contributed by atoms with E-state index in [1.165, 1.54) is 6.42 Å². The van der Waals surface area contributed by atoms with Gasteiger partial charge in [0.25, 0.3) is 5.22 Å². The van der Waals surface area contributed by atoms with Gasteiger partial charge in [0.05, 0.1) is 0 Å². The van der Waals surface area contributed by atoms with E-state index in [2.05, 4.69) is 17.1 Å². The fraction of sp³-hybridized carbons (Fsp3) is 0.333. The molecule has 1 aromatic heterocycles. The van der Waals surface area contributed by atoms with Gasteiger partial charge in [-0.1, -0.05) is 25.1 Å². The van der Waals surface area contributed by atoms with Crippen LogP contribution in [0, 0.1) is 0 Å². The first-order chi connectivity index (χ1) is 8.29. The Kier molecular flexibility index (Phi) is 4.03. The zero-order chi connectivity index (χ0) is 12.1. The number of hydrogen-bond acceptors (Lipinski definition) is 5. The molecule has 5 heteroatoms. The van der Waals surface area contributed by atoms with Crippen LogP contribution in [-0.4, -0.2) is 16.0 Å². The lowest BCUT2D eigenvalue weighted by molar-refractivity contribution is 0.466. The van der Waals surface area contributed by atoms with E-state index in [0.29, 0.717) is 11.1 Å². The molecule has 0 spiro atoms. The number of nitrogens with zero attached hydrogens (tertiary/aromatic N) is 2. The van der Waals surface area contributed by atoms with E-state index < -0.39 is 0 Å². The molecule has 0 unspecified atom stereocenters. The van der Waals surface area contributed by atoms with Crippen LogP contribution in [0.1, 0.15) is 19.8 Å². The van der Waals surface area contributed by atoms with Gasteiger partial charge in [0.2, 0.25) is 5.89 Å². The summed E-state index contributed by atoms with van der Waals surface area (Å²) >= 11 is 1.60. The molecule has 2 N–H and O–H groups in total. The molecule has 0 saturated heterocycles. The molecule has 0 aliphatic rings. The first-order valence-corrected chi connectivity index (χ1v) is 6.60. The van der Waals surface area contributed by atoms with Crippen molar-refractivity contribution in [3.8, 4) is 11.5 Å². The second-order valence-corrected chi connectivity index (χ2v) is 4.74. The summed E-state index contributed by atoms with van der Waals surface area (Å²) in [6.07, 6.45) is 2.33. The summed E-state index contributed by atoms with van der Waals surface area (Å²) in [5.74, 6) is 1.56. The number of nitrogen functional groups attached to an aromatic ring is 1. The van der Waals surface area contributed by atoms with Crippen molar-refractivity contribution in [1.82, 2.24) is 10.2 Å². The maximum Gasteiger partial charge on any atom is 0.276 e. The molecule has 1 aromatic carbocycles. The Morgan fingerprint density at radius 3 is 2.71 bits per heavy atom. The molecular weight excluding hydrogens is 234 g/mol. The maximum absolute atomic E-state index is 5.62. The van der Waals surface area contributed by atoms with Crippen molar-refractivity contribution in [2.75, 3.05) is 11.5 Å². The van der Waals surface area contributed by atoms with Crippen molar-refractivity contribution < 1.29 is 4.42 Å². The highest BCUT2D eigenvalue weighted by molar-refractivity contribution is 7.99. The summed E-state index contributed by atoms with van der Waals surface area (Å²) in [5, 5.41) is 8.65. The summed E-state index contributed by atoms with van der Waals surface area (Å²) in [5.41, 5.74) is 7.25. The van der Waals surface area contributed by atoms with E-state index in [0.717, 1.165) is 23.4 Å². The second kappa shape index (κ2) is 5.72. The zero-order valence-electron chi connectivity index (χ0n) is 9.72. The summed E-state index contributed by atoms with van der Waals surface area (Å²) in [7, 11) is 0. The number of thioether (sulfide) groups is 1. The Morgan fingerprint density at radius 2 is 2.00 bits per heavy atom. The van der Waals surface area contributed by atoms with Crippen molar-refractivity contribution in [3.63, 3.8) is 0 Å². The molecule has 2 aromatic rings. The van der Waals surface area contributed by atoms with Crippen LogP contribution in [0.15, 0.2) is 33.9 Å². The molecule has 1 heterocycles. The lowest BCUT2D eigenvalue weighted by atomic mass is 10.2. The number of aromatic nitrogens is 2. The van der Waals surface area contributed by atoms with Crippen LogP contribution >= 0.6 is 11.8 Å². The summed E-state index contributed by atoms with van der Waals surface area (Å²) in [4.78, 5) is 0. The minimum absolute atomic E-state index is 0.545. The average Bonchev–Trinajstić information content (AvgIpc) is 2.79. The molecule has 0 fully saturated rings. The Bertz CT molecular complexity index is 467. The third kappa shape index (κ3) is 3.23. The number of anilines is 1. The van der Waals surface area contributed by atoms with Crippen molar-refractivity contribution in [1.29, 1.82) is 0 Å². The first kappa shape index (κ1) is 12.0. The molecule has 0 saturated carbocycles. The Hall–Kier alpha value is -1.49. The number of nitrogens with two attached hydrogens (primary N) is 1. The molecule has 4 nitrogen and oxygen atoms in total. The third-order valence-electron chi connectivity index (χ3n) is 2.29. The monoisotopic (exact) mass is 249 g/mol. The first-order valence-electron chi connectivity index (χ1n) is 5.62.